The highest BCUT2D eigenvalue weighted by molar-refractivity contribution is 5.45. The zero-order chi connectivity index (χ0) is 14.8. The molecule has 0 bridgehead atoms. The predicted octanol–water partition coefficient (Wildman–Crippen LogP) is 1.31. The maximum Gasteiger partial charge on any atom is 0.231 e. The van der Waals surface area contributed by atoms with Crippen molar-refractivity contribution < 1.29 is 9.47 Å². The van der Waals surface area contributed by atoms with Gasteiger partial charge in [0.05, 0.1) is 0 Å². The van der Waals surface area contributed by atoms with Crippen molar-refractivity contribution in [1.82, 2.24) is 15.1 Å². The van der Waals surface area contributed by atoms with E-state index < -0.39 is 0 Å². The van der Waals surface area contributed by atoms with E-state index in [1.165, 1.54) is 18.5 Å². The molecule has 5 nitrogen and oxygen atoms in total. The van der Waals surface area contributed by atoms with Crippen LogP contribution in [0.15, 0.2) is 18.2 Å². The summed E-state index contributed by atoms with van der Waals surface area (Å²) in [5.74, 6) is 1.71. The molecule has 0 amide bonds. The summed E-state index contributed by atoms with van der Waals surface area (Å²) in [4.78, 5) is 4.87. The molecule has 3 rings (SSSR count). The van der Waals surface area contributed by atoms with E-state index in [9.17, 15) is 0 Å². The highest BCUT2D eigenvalue weighted by Gasteiger charge is 2.26. The van der Waals surface area contributed by atoms with Gasteiger partial charge >= 0.3 is 0 Å². The van der Waals surface area contributed by atoms with Gasteiger partial charge in [0.1, 0.15) is 0 Å². The molecule has 2 unspecified atom stereocenters. The number of likely N-dealkylation sites (N-methyl/N-ethyl adjacent to an activating group) is 2. The predicted molar refractivity (Wildman–Crippen MR) is 82.9 cm³/mol. The normalized spacial score (nSPS) is 23.0. The fraction of sp³-hybridized carbons (Fsp3) is 0.625. The van der Waals surface area contributed by atoms with Gasteiger partial charge in [0.15, 0.2) is 11.5 Å². The molecule has 2 aliphatic heterocycles. The SMILES string of the molecule is CNC(CN1CCC(N(C)C)C1)c1ccc2c(c1)OCO2. The molecule has 1 fully saturated rings. The van der Waals surface area contributed by atoms with Crippen molar-refractivity contribution >= 4 is 0 Å². The van der Waals surface area contributed by atoms with Crippen LogP contribution in [0.2, 0.25) is 0 Å². The number of hydrogen-bond donors (Lipinski definition) is 1. The van der Waals surface area contributed by atoms with Crippen molar-refractivity contribution in [3.05, 3.63) is 23.8 Å². The molecular formula is C16H25N3O2. The molecule has 0 spiro atoms. The summed E-state index contributed by atoms with van der Waals surface area (Å²) in [6.07, 6.45) is 1.25. The van der Waals surface area contributed by atoms with Gasteiger partial charge < -0.3 is 19.7 Å². The Hall–Kier alpha value is -1.30. The number of rotatable bonds is 5. The van der Waals surface area contributed by atoms with Gasteiger partial charge in [-0.05, 0) is 51.8 Å². The first kappa shape index (κ1) is 14.6. The lowest BCUT2D eigenvalue weighted by Crippen LogP contribution is -2.35. The van der Waals surface area contributed by atoms with E-state index in [4.69, 9.17) is 9.47 Å². The summed E-state index contributed by atoms with van der Waals surface area (Å²) >= 11 is 0. The number of fused-ring (bicyclic) bond motifs is 1. The summed E-state index contributed by atoms with van der Waals surface area (Å²) in [7, 11) is 6.36. The van der Waals surface area contributed by atoms with Gasteiger partial charge in [-0.15, -0.1) is 0 Å². The van der Waals surface area contributed by atoms with Gasteiger partial charge in [-0.2, -0.15) is 0 Å². The third-order valence-electron chi connectivity index (χ3n) is 4.57. The van der Waals surface area contributed by atoms with Crippen LogP contribution in [-0.4, -0.2) is 63.4 Å². The van der Waals surface area contributed by atoms with Gasteiger partial charge in [0, 0.05) is 25.2 Å². The van der Waals surface area contributed by atoms with E-state index >= 15 is 0 Å². The Morgan fingerprint density at radius 2 is 2.14 bits per heavy atom. The third kappa shape index (κ3) is 3.15. The number of benzene rings is 1. The Bertz CT molecular complexity index is 492. The summed E-state index contributed by atoms with van der Waals surface area (Å²) in [5, 5.41) is 3.43. The minimum atomic E-state index is 0.320. The number of hydrogen-bond acceptors (Lipinski definition) is 5. The van der Waals surface area contributed by atoms with Crippen LogP contribution < -0.4 is 14.8 Å². The second-order valence-electron chi connectivity index (χ2n) is 6.12. The molecule has 5 heteroatoms. The molecule has 21 heavy (non-hydrogen) atoms. The summed E-state index contributed by atoms with van der Waals surface area (Å²) in [6, 6.07) is 7.24. The van der Waals surface area contributed by atoms with Crippen molar-refractivity contribution in [1.29, 1.82) is 0 Å². The smallest absolute Gasteiger partial charge is 0.231 e. The minimum absolute atomic E-state index is 0.320. The van der Waals surface area contributed by atoms with Gasteiger partial charge in [-0.3, -0.25) is 4.90 Å². The summed E-state index contributed by atoms with van der Waals surface area (Å²) in [6.45, 7) is 3.68. The van der Waals surface area contributed by atoms with E-state index in [0.717, 1.165) is 24.6 Å². The molecule has 2 aliphatic rings. The lowest BCUT2D eigenvalue weighted by atomic mass is 10.1. The molecule has 1 aromatic carbocycles. The van der Waals surface area contributed by atoms with E-state index in [0.29, 0.717) is 18.9 Å². The highest BCUT2D eigenvalue weighted by atomic mass is 16.7. The van der Waals surface area contributed by atoms with Crippen LogP contribution in [0.4, 0.5) is 0 Å². The molecule has 0 saturated carbocycles. The minimum Gasteiger partial charge on any atom is -0.454 e. The molecule has 2 atom stereocenters. The largest absolute Gasteiger partial charge is 0.454 e. The molecule has 2 heterocycles. The molecule has 1 saturated heterocycles. The molecule has 0 radical (unpaired) electrons. The summed E-state index contributed by atoms with van der Waals surface area (Å²) in [5.41, 5.74) is 1.26. The van der Waals surface area contributed by atoms with Crippen molar-refractivity contribution in [3.63, 3.8) is 0 Å². The quantitative estimate of drug-likeness (QED) is 0.885. The van der Waals surface area contributed by atoms with Gasteiger partial charge in [-0.1, -0.05) is 6.07 Å². The monoisotopic (exact) mass is 291 g/mol. The van der Waals surface area contributed by atoms with E-state index in [-0.39, 0.29) is 0 Å². The van der Waals surface area contributed by atoms with Crippen LogP contribution in [0.3, 0.4) is 0 Å². The second-order valence-corrected chi connectivity index (χ2v) is 6.12. The van der Waals surface area contributed by atoms with Crippen LogP contribution in [-0.2, 0) is 0 Å². The Morgan fingerprint density at radius 3 is 2.86 bits per heavy atom. The Kier molecular flexibility index (Phi) is 4.33. The van der Waals surface area contributed by atoms with Crippen molar-refractivity contribution in [2.24, 2.45) is 0 Å². The molecule has 116 valence electrons. The van der Waals surface area contributed by atoms with Crippen LogP contribution >= 0.6 is 0 Å². The summed E-state index contributed by atoms with van der Waals surface area (Å²) < 4.78 is 10.9. The first-order valence-corrected chi connectivity index (χ1v) is 7.63. The van der Waals surface area contributed by atoms with E-state index in [2.05, 4.69) is 41.3 Å². The van der Waals surface area contributed by atoms with Crippen molar-refractivity contribution in [2.45, 2.75) is 18.5 Å². The average Bonchev–Trinajstić information content (AvgIpc) is 3.12. The molecule has 0 aliphatic carbocycles. The fourth-order valence-electron chi connectivity index (χ4n) is 3.15. The van der Waals surface area contributed by atoms with Crippen LogP contribution in [0.25, 0.3) is 0 Å². The van der Waals surface area contributed by atoms with Crippen LogP contribution in [0.1, 0.15) is 18.0 Å². The van der Waals surface area contributed by atoms with Gasteiger partial charge in [0.25, 0.3) is 0 Å². The Labute approximate surface area is 126 Å². The van der Waals surface area contributed by atoms with E-state index in [1.54, 1.807) is 0 Å². The zero-order valence-corrected chi connectivity index (χ0v) is 13.1. The average molecular weight is 291 g/mol. The van der Waals surface area contributed by atoms with Crippen molar-refractivity contribution in [3.8, 4) is 11.5 Å². The molecule has 1 N–H and O–H groups in total. The topological polar surface area (TPSA) is 37.0 Å². The molecular weight excluding hydrogens is 266 g/mol. The van der Waals surface area contributed by atoms with Crippen LogP contribution in [0.5, 0.6) is 11.5 Å². The van der Waals surface area contributed by atoms with Gasteiger partial charge in [-0.25, -0.2) is 0 Å². The first-order chi connectivity index (χ1) is 10.2. The number of likely N-dealkylation sites (tertiary alicyclic amines) is 1. The highest BCUT2D eigenvalue weighted by Crippen LogP contribution is 2.34. The Morgan fingerprint density at radius 1 is 1.33 bits per heavy atom. The Balaban J connectivity index is 1.65. The lowest BCUT2D eigenvalue weighted by Gasteiger charge is -2.25. The maximum atomic E-state index is 5.48. The lowest BCUT2D eigenvalue weighted by molar-refractivity contribution is 0.174. The second kappa shape index (κ2) is 6.22. The van der Waals surface area contributed by atoms with Crippen LogP contribution in [0, 0.1) is 0 Å². The molecule has 0 aromatic heterocycles. The molecule has 1 aromatic rings. The van der Waals surface area contributed by atoms with E-state index in [1.807, 2.05) is 13.1 Å². The first-order valence-electron chi connectivity index (χ1n) is 7.63. The zero-order valence-electron chi connectivity index (χ0n) is 13.1. The number of nitrogens with zero attached hydrogens (tertiary/aromatic N) is 2. The number of nitrogens with one attached hydrogen (secondary N) is 1. The number of ether oxygens (including phenoxy) is 2. The fourth-order valence-corrected chi connectivity index (χ4v) is 3.15. The maximum absolute atomic E-state index is 5.48. The third-order valence-corrected chi connectivity index (χ3v) is 4.57. The standard InChI is InChI=1S/C16H25N3O2/c1-17-14(10-19-7-6-13(9-19)18(2)3)12-4-5-15-16(8-12)21-11-20-15/h4-5,8,13-14,17H,6-7,9-11H2,1-3H3. The van der Waals surface area contributed by atoms with Gasteiger partial charge in [0.2, 0.25) is 6.79 Å². The van der Waals surface area contributed by atoms with Crippen molar-refractivity contribution in [2.75, 3.05) is 47.6 Å².